The molecule has 2 aromatic rings. The minimum atomic E-state index is 0.628. The van der Waals surface area contributed by atoms with E-state index in [0.717, 1.165) is 81.6 Å². The van der Waals surface area contributed by atoms with Crippen molar-refractivity contribution in [1.29, 1.82) is 0 Å². The van der Waals surface area contributed by atoms with Gasteiger partial charge >= 0.3 is 0 Å². The number of aliphatic imine (C=N–C) groups is 1. The van der Waals surface area contributed by atoms with Crippen molar-refractivity contribution in [2.24, 2.45) is 4.99 Å². The van der Waals surface area contributed by atoms with E-state index in [2.05, 4.69) is 36.1 Å². The monoisotopic (exact) mass is 370 g/mol. The smallest absolute Gasteiger partial charge is 0.193 e. The number of morpholine rings is 1. The molecule has 2 N–H and O–H groups in total. The molecule has 0 saturated carbocycles. The van der Waals surface area contributed by atoms with Crippen LogP contribution in [0.3, 0.4) is 0 Å². The van der Waals surface area contributed by atoms with Crippen LogP contribution in [0.2, 0.25) is 0 Å². The number of guanidine groups is 1. The molecule has 1 unspecified atom stereocenters. The fourth-order valence-corrected chi connectivity index (χ4v) is 4.09. The van der Waals surface area contributed by atoms with Gasteiger partial charge in [0, 0.05) is 52.2 Å². The zero-order valence-corrected chi connectivity index (χ0v) is 16.2. The molecule has 1 aromatic heterocycles. The van der Waals surface area contributed by atoms with E-state index in [9.17, 15) is 0 Å². The average molecular weight is 371 g/mol. The first-order valence-corrected chi connectivity index (χ1v) is 10.0. The van der Waals surface area contributed by atoms with Crippen molar-refractivity contribution in [3.8, 4) is 0 Å². The molecule has 1 atom stereocenters. The SMILES string of the molecule is CN=C(NCCCc1nc2ccccc2[nH]1)N1CCC(N2CCOCC2)C1. The van der Waals surface area contributed by atoms with Crippen molar-refractivity contribution < 1.29 is 4.74 Å². The van der Waals surface area contributed by atoms with Gasteiger partial charge in [0.25, 0.3) is 0 Å². The minimum Gasteiger partial charge on any atom is -0.379 e. The number of nitrogens with one attached hydrogen (secondary N) is 2. The molecular weight excluding hydrogens is 340 g/mol. The highest BCUT2D eigenvalue weighted by Crippen LogP contribution is 2.17. The van der Waals surface area contributed by atoms with Gasteiger partial charge in [0.15, 0.2) is 5.96 Å². The van der Waals surface area contributed by atoms with Crippen LogP contribution in [0.25, 0.3) is 11.0 Å². The van der Waals surface area contributed by atoms with Crippen LogP contribution >= 0.6 is 0 Å². The maximum absolute atomic E-state index is 5.48. The van der Waals surface area contributed by atoms with Gasteiger partial charge in [-0.25, -0.2) is 4.98 Å². The van der Waals surface area contributed by atoms with Gasteiger partial charge in [-0.1, -0.05) is 12.1 Å². The number of aromatic amines is 1. The van der Waals surface area contributed by atoms with Crippen molar-refractivity contribution in [1.82, 2.24) is 25.1 Å². The zero-order valence-electron chi connectivity index (χ0n) is 16.2. The molecule has 0 bridgehead atoms. The van der Waals surface area contributed by atoms with E-state index in [-0.39, 0.29) is 0 Å². The number of H-pyrrole nitrogens is 1. The van der Waals surface area contributed by atoms with Gasteiger partial charge in [0.05, 0.1) is 24.2 Å². The van der Waals surface area contributed by atoms with Gasteiger partial charge in [0.2, 0.25) is 0 Å². The Balaban J connectivity index is 1.22. The topological polar surface area (TPSA) is 68.8 Å². The number of hydrogen-bond acceptors (Lipinski definition) is 4. The average Bonchev–Trinajstić information content (AvgIpc) is 3.35. The summed E-state index contributed by atoms with van der Waals surface area (Å²) in [6.45, 7) is 6.89. The summed E-state index contributed by atoms with van der Waals surface area (Å²) >= 11 is 0. The first-order chi connectivity index (χ1) is 13.3. The van der Waals surface area contributed by atoms with Crippen LogP contribution in [0.1, 0.15) is 18.7 Å². The number of hydrogen-bond donors (Lipinski definition) is 2. The van der Waals surface area contributed by atoms with Crippen LogP contribution in [-0.4, -0.2) is 84.8 Å². The third kappa shape index (κ3) is 4.42. The molecule has 2 aliphatic rings. The van der Waals surface area contributed by atoms with Gasteiger partial charge in [-0.2, -0.15) is 0 Å². The number of para-hydroxylation sites is 2. The lowest BCUT2D eigenvalue weighted by Gasteiger charge is -2.32. The summed E-state index contributed by atoms with van der Waals surface area (Å²) in [5.41, 5.74) is 2.16. The lowest BCUT2D eigenvalue weighted by atomic mass is 10.2. The number of aryl methyl sites for hydroxylation is 1. The van der Waals surface area contributed by atoms with Gasteiger partial charge in [-0.3, -0.25) is 9.89 Å². The van der Waals surface area contributed by atoms with Gasteiger partial charge in [-0.15, -0.1) is 0 Å². The summed E-state index contributed by atoms with van der Waals surface area (Å²) in [6, 6.07) is 8.81. The first-order valence-electron chi connectivity index (χ1n) is 10.0. The maximum atomic E-state index is 5.48. The predicted octanol–water partition coefficient (Wildman–Crippen LogP) is 1.48. The Morgan fingerprint density at radius 3 is 2.96 bits per heavy atom. The summed E-state index contributed by atoms with van der Waals surface area (Å²) in [4.78, 5) is 17.5. The fourth-order valence-electron chi connectivity index (χ4n) is 4.09. The van der Waals surface area contributed by atoms with E-state index < -0.39 is 0 Å². The van der Waals surface area contributed by atoms with E-state index >= 15 is 0 Å². The quantitative estimate of drug-likeness (QED) is 0.474. The third-order valence-corrected chi connectivity index (χ3v) is 5.55. The third-order valence-electron chi connectivity index (χ3n) is 5.55. The molecule has 0 radical (unpaired) electrons. The second-order valence-corrected chi connectivity index (χ2v) is 7.32. The van der Waals surface area contributed by atoms with Crippen molar-refractivity contribution in [3.05, 3.63) is 30.1 Å². The highest BCUT2D eigenvalue weighted by molar-refractivity contribution is 5.80. The van der Waals surface area contributed by atoms with Crippen LogP contribution in [0, 0.1) is 0 Å². The summed E-state index contributed by atoms with van der Waals surface area (Å²) in [5, 5.41) is 3.53. The maximum Gasteiger partial charge on any atom is 0.193 e. The van der Waals surface area contributed by atoms with Crippen molar-refractivity contribution in [2.75, 3.05) is 53.0 Å². The largest absolute Gasteiger partial charge is 0.379 e. The Kier molecular flexibility index (Phi) is 5.89. The highest BCUT2D eigenvalue weighted by atomic mass is 16.5. The number of rotatable bonds is 5. The molecule has 3 heterocycles. The molecule has 1 aromatic carbocycles. The zero-order chi connectivity index (χ0) is 18.5. The lowest BCUT2D eigenvalue weighted by molar-refractivity contribution is 0.0195. The van der Waals surface area contributed by atoms with Crippen LogP contribution in [0.15, 0.2) is 29.3 Å². The molecule has 2 aliphatic heterocycles. The highest BCUT2D eigenvalue weighted by Gasteiger charge is 2.30. The van der Waals surface area contributed by atoms with E-state index in [1.165, 1.54) is 6.42 Å². The Hall–Kier alpha value is -2.12. The Morgan fingerprint density at radius 2 is 2.15 bits per heavy atom. The van der Waals surface area contributed by atoms with Crippen molar-refractivity contribution in [3.63, 3.8) is 0 Å². The van der Waals surface area contributed by atoms with Crippen LogP contribution in [0.4, 0.5) is 0 Å². The molecule has 2 fully saturated rings. The normalized spacial score (nSPS) is 21.9. The standard InChI is InChI=1S/C20H30N6O/c1-21-20(26-10-8-16(15-26)25-11-13-27-14-12-25)22-9-4-7-19-23-17-5-2-3-6-18(17)24-19/h2-3,5-6,16H,4,7-15H2,1H3,(H,21,22)(H,23,24). The number of aromatic nitrogens is 2. The van der Waals surface area contributed by atoms with E-state index in [1.807, 2.05) is 25.2 Å². The molecule has 2 saturated heterocycles. The molecule has 7 nitrogen and oxygen atoms in total. The van der Waals surface area contributed by atoms with E-state index in [4.69, 9.17) is 4.74 Å². The number of likely N-dealkylation sites (tertiary alicyclic amines) is 1. The van der Waals surface area contributed by atoms with Crippen molar-refractivity contribution >= 4 is 17.0 Å². The number of fused-ring (bicyclic) bond motifs is 1. The van der Waals surface area contributed by atoms with Crippen LogP contribution in [0.5, 0.6) is 0 Å². The van der Waals surface area contributed by atoms with Gasteiger partial charge < -0.3 is 19.9 Å². The van der Waals surface area contributed by atoms with Crippen molar-refractivity contribution in [2.45, 2.75) is 25.3 Å². The molecule has 4 rings (SSSR count). The number of nitrogens with zero attached hydrogens (tertiary/aromatic N) is 4. The minimum absolute atomic E-state index is 0.628. The Morgan fingerprint density at radius 1 is 1.30 bits per heavy atom. The summed E-state index contributed by atoms with van der Waals surface area (Å²) in [5.74, 6) is 2.08. The number of imidazole rings is 1. The Bertz CT molecular complexity index is 734. The van der Waals surface area contributed by atoms with E-state index in [1.54, 1.807) is 0 Å². The first kappa shape index (κ1) is 18.3. The summed E-state index contributed by atoms with van der Waals surface area (Å²) in [7, 11) is 1.88. The molecule has 0 amide bonds. The number of benzene rings is 1. The second-order valence-electron chi connectivity index (χ2n) is 7.32. The molecule has 0 aliphatic carbocycles. The molecule has 146 valence electrons. The fraction of sp³-hybridized carbons (Fsp3) is 0.600. The second kappa shape index (κ2) is 8.71. The number of ether oxygens (including phenoxy) is 1. The predicted molar refractivity (Wildman–Crippen MR) is 108 cm³/mol. The molecule has 27 heavy (non-hydrogen) atoms. The van der Waals surface area contributed by atoms with Crippen LogP contribution in [-0.2, 0) is 11.2 Å². The molecular formula is C20H30N6O. The van der Waals surface area contributed by atoms with Gasteiger partial charge in [0.1, 0.15) is 5.82 Å². The summed E-state index contributed by atoms with van der Waals surface area (Å²) in [6.07, 6.45) is 3.17. The molecule has 0 spiro atoms. The van der Waals surface area contributed by atoms with E-state index in [0.29, 0.717) is 6.04 Å². The van der Waals surface area contributed by atoms with Crippen LogP contribution < -0.4 is 5.32 Å². The van der Waals surface area contributed by atoms with Gasteiger partial charge in [-0.05, 0) is 25.0 Å². The lowest BCUT2D eigenvalue weighted by Crippen LogP contribution is -2.46. The Labute approximate surface area is 160 Å². The summed E-state index contributed by atoms with van der Waals surface area (Å²) < 4.78 is 5.48. The molecule has 7 heteroatoms.